The fourth-order valence-electron chi connectivity index (χ4n) is 2.24. The summed E-state index contributed by atoms with van der Waals surface area (Å²) in [5.41, 5.74) is 2.60. The van der Waals surface area contributed by atoms with Gasteiger partial charge >= 0.3 is 0 Å². The summed E-state index contributed by atoms with van der Waals surface area (Å²) in [6, 6.07) is 0. The Kier molecular flexibility index (Phi) is 8.88. The molecule has 1 atom stereocenters. The molecule has 1 unspecified atom stereocenters. The van der Waals surface area contributed by atoms with Gasteiger partial charge in [-0.3, -0.25) is 0 Å². The van der Waals surface area contributed by atoms with Crippen molar-refractivity contribution in [2.75, 3.05) is 19.3 Å². The second-order valence-corrected chi connectivity index (χ2v) is 6.28. The zero-order valence-electron chi connectivity index (χ0n) is 13.4. The highest BCUT2D eigenvalue weighted by molar-refractivity contribution is 8.03. The van der Waals surface area contributed by atoms with Gasteiger partial charge in [0.15, 0.2) is 0 Å². The van der Waals surface area contributed by atoms with Crippen LogP contribution >= 0.6 is 11.8 Å². The van der Waals surface area contributed by atoms with Gasteiger partial charge in [-0.1, -0.05) is 55.2 Å². The highest BCUT2D eigenvalue weighted by atomic mass is 32.2. The summed E-state index contributed by atoms with van der Waals surface area (Å²) < 4.78 is 0. The average molecular weight is 301 g/mol. The van der Waals surface area contributed by atoms with Gasteiger partial charge in [0.25, 0.3) is 0 Å². The van der Waals surface area contributed by atoms with Crippen LogP contribution in [-0.4, -0.2) is 19.3 Å². The standard InChI is InChI=1S/C19H27NS/c1-5-10-18(11-6-2)19(14-20-4)16(3)21-15-17-12-8-7-9-13-17/h5-12,17,20H,1,13-15H2,2-4H3/b11-6-,18-10+,19-16+. The second-order valence-electron chi connectivity index (χ2n) is 5.04. The molecular weight excluding hydrogens is 274 g/mol. The van der Waals surface area contributed by atoms with Gasteiger partial charge in [0.05, 0.1) is 0 Å². The Bertz CT molecular complexity index is 478. The van der Waals surface area contributed by atoms with Crippen LogP contribution in [0.25, 0.3) is 0 Å². The molecule has 0 aromatic rings. The van der Waals surface area contributed by atoms with Crippen LogP contribution in [0, 0.1) is 5.92 Å². The minimum absolute atomic E-state index is 0.652. The van der Waals surface area contributed by atoms with Gasteiger partial charge in [-0.05, 0) is 49.3 Å². The van der Waals surface area contributed by atoms with E-state index in [1.165, 1.54) is 16.1 Å². The summed E-state index contributed by atoms with van der Waals surface area (Å²) in [6.45, 7) is 8.98. The van der Waals surface area contributed by atoms with Gasteiger partial charge in [-0.2, -0.15) is 0 Å². The molecule has 21 heavy (non-hydrogen) atoms. The second kappa shape index (κ2) is 10.5. The molecule has 114 valence electrons. The molecule has 1 aliphatic rings. The van der Waals surface area contributed by atoms with Crippen molar-refractivity contribution >= 4 is 11.8 Å². The summed E-state index contributed by atoms with van der Waals surface area (Å²) in [6.07, 6.45) is 18.2. The Morgan fingerprint density at radius 3 is 2.81 bits per heavy atom. The minimum Gasteiger partial charge on any atom is -0.316 e. The number of allylic oxidation sites excluding steroid dienone is 9. The third-order valence-electron chi connectivity index (χ3n) is 3.35. The van der Waals surface area contributed by atoms with Crippen molar-refractivity contribution < 1.29 is 0 Å². The van der Waals surface area contributed by atoms with Gasteiger partial charge in [0.2, 0.25) is 0 Å². The van der Waals surface area contributed by atoms with E-state index in [1.54, 1.807) is 0 Å². The van der Waals surface area contributed by atoms with Gasteiger partial charge in [0, 0.05) is 12.3 Å². The van der Waals surface area contributed by atoms with E-state index in [9.17, 15) is 0 Å². The summed E-state index contributed by atoms with van der Waals surface area (Å²) >= 11 is 1.96. The Labute approximate surface area is 134 Å². The first-order valence-corrected chi connectivity index (χ1v) is 8.47. The molecule has 0 spiro atoms. The van der Waals surface area contributed by atoms with E-state index in [4.69, 9.17) is 0 Å². The lowest BCUT2D eigenvalue weighted by molar-refractivity contribution is 0.750. The topological polar surface area (TPSA) is 12.0 Å². The average Bonchev–Trinajstić information content (AvgIpc) is 2.51. The third kappa shape index (κ3) is 6.36. The first-order chi connectivity index (χ1) is 10.2. The van der Waals surface area contributed by atoms with Gasteiger partial charge in [-0.15, -0.1) is 11.8 Å². The lowest BCUT2D eigenvalue weighted by Gasteiger charge is -2.16. The third-order valence-corrected chi connectivity index (χ3v) is 4.63. The number of thioether (sulfide) groups is 1. The molecule has 0 radical (unpaired) electrons. The van der Waals surface area contributed by atoms with Gasteiger partial charge in [-0.25, -0.2) is 0 Å². The maximum Gasteiger partial charge on any atom is 0.0216 e. The van der Waals surface area contributed by atoms with Crippen molar-refractivity contribution in [2.24, 2.45) is 5.92 Å². The fourth-order valence-corrected chi connectivity index (χ4v) is 3.32. The number of hydrogen-bond donors (Lipinski definition) is 1. The molecule has 0 saturated carbocycles. The van der Waals surface area contributed by atoms with E-state index in [2.05, 4.69) is 68.3 Å². The quantitative estimate of drug-likeness (QED) is 0.631. The number of likely N-dealkylation sites (N-methyl/N-ethyl adjacent to an activating group) is 1. The molecule has 0 aliphatic heterocycles. The van der Waals surface area contributed by atoms with Crippen LogP contribution in [0.4, 0.5) is 0 Å². The molecule has 0 bridgehead atoms. The molecule has 0 fully saturated rings. The normalized spacial score (nSPS) is 20.0. The maximum atomic E-state index is 3.83. The van der Waals surface area contributed by atoms with Gasteiger partial charge < -0.3 is 5.32 Å². The molecule has 1 aliphatic carbocycles. The SMILES string of the molecule is C=C/C=C(\C=C/C)C(/CNC)=C(\C)SCC1C=CC=CC1. The largest absolute Gasteiger partial charge is 0.316 e. The van der Waals surface area contributed by atoms with Crippen LogP contribution in [0.3, 0.4) is 0 Å². The minimum atomic E-state index is 0.652. The van der Waals surface area contributed by atoms with Crippen LogP contribution in [0.15, 0.2) is 71.2 Å². The van der Waals surface area contributed by atoms with E-state index < -0.39 is 0 Å². The molecule has 0 heterocycles. The lowest BCUT2D eigenvalue weighted by Crippen LogP contribution is -2.13. The zero-order chi connectivity index (χ0) is 15.5. The Balaban J connectivity index is 2.83. The van der Waals surface area contributed by atoms with Crippen LogP contribution < -0.4 is 5.32 Å². The predicted molar refractivity (Wildman–Crippen MR) is 98.6 cm³/mol. The highest BCUT2D eigenvalue weighted by Gasteiger charge is 2.10. The van der Waals surface area contributed by atoms with E-state index in [-0.39, 0.29) is 0 Å². The fraction of sp³-hybridized carbons (Fsp3) is 0.368. The van der Waals surface area contributed by atoms with Crippen molar-refractivity contribution in [3.63, 3.8) is 0 Å². The van der Waals surface area contributed by atoms with Crippen molar-refractivity contribution in [3.05, 3.63) is 71.2 Å². The highest BCUT2D eigenvalue weighted by Crippen LogP contribution is 2.28. The Hall–Kier alpha value is -1.25. The summed E-state index contributed by atoms with van der Waals surface area (Å²) in [7, 11) is 1.99. The zero-order valence-corrected chi connectivity index (χ0v) is 14.2. The maximum absolute atomic E-state index is 3.83. The van der Waals surface area contributed by atoms with Crippen molar-refractivity contribution in [1.29, 1.82) is 0 Å². The molecule has 0 saturated heterocycles. The van der Waals surface area contributed by atoms with E-state index in [0.29, 0.717) is 5.92 Å². The van der Waals surface area contributed by atoms with Crippen LogP contribution in [0.2, 0.25) is 0 Å². The number of hydrogen-bond acceptors (Lipinski definition) is 2. The van der Waals surface area contributed by atoms with Crippen LogP contribution in [0.1, 0.15) is 20.3 Å². The van der Waals surface area contributed by atoms with Crippen molar-refractivity contribution in [2.45, 2.75) is 20.3 Å². The molecule has 1 rings (SSSR count). The summed E-state index contributed by atoms with van der Waals surface area (Å²) in [5, 5.41) is 3.28. The molecule has 2 heteroatoms. The first kappa shape index (κ1) is 17.8. The van der Waals surface area contributed by atoms with E-state index in [0.717, 1.165) is 18.7 Å². The first-order valence-electron chi connectivity index (χ1n) is 7.49. The molecule has 1 N–H and O–H groups in total. The Morgan fingerprint density at radius 2 is 2.24 bits per heavy atom. The number of rotatable bonds is 8. The summed E-state index contributed by atoms with van der Waals surface area (Å²) in [5.74, 6) is 1.79. The Morgan fingerprint density at radius 1 is 1.43 bits per heavy atom. The van der Waals surface area contributed by atoms with Crippen molar-refractivity contribution in [3.8, 4) is 0 Å². The van der Waals surface area contributed by atoms with Gasteiger partial charge in [0.1, 0.15) is 0 Å². The molecular formula is C19H27NS. The molecule has 0 aromatic heterocycles. The monoisotopic (exact) mass is 301 g/mol. The van der Waals surface area contributed by atoms with Crippen LogP contribution in [0.5, 0.6) is 0 Å². The predicted octanol–water partition coefficient (Wildman–Crippen LogP) is 5.03. The lowest BCUT2D eigenvalue weighted by atomic mass is 10.0. The van der Waals surface area contributed by atoms with Crippen molar-refractivity contribution in [1.82, 2.24) is 5.32 Å². The van der Waals surface area contributed by atoms with E-state index in [1.807, 2.05) is 24.9 Å². The molecule has 0 amide bonds. The summed E-state index contributed by atoms with van der Waals surface area (Å²) in [4.78, 5) is 1.39. The van der Waals surface area contributed by atoms with E-state index >= 15 is 0 Å². The molecule has 1 nitrogen and oxygen atoms in total. The smallest absolute Gasteiger partial charge is 0.0216 e. The molecule has 0 aromatic carbocycles. The number of nitrogens with one attached hydrogen (secondary N) is 1. The van der Waals surface area contributed by atoms with Crippen LogP contribution in [-0.2, 0) is 0 Å².